The molecular formula is C21H28N4O2S. The Hall–Kier alpha value is -1.99. The summed E-state index contributed by atoms with van der Waals surface area (Å²) in [5.41, 5.74) is 1.07. The van der Waals surface area contributed by atoms with Gasteiger partial charge in [0.05, 0.1) is 21.3 Å². The van der Waals surface area contributed by atoms with Gasteiger partial charge in [0.1, 0.15) is 0 Å². The first-order chi connectivity index (χ1) is 13.6. The number of amides is 3. The first kappa shape index (κ1) is 19.3. The molecule has 1 atom stereocenters. The van der Waals surface area contributed by atoms with E-state index in [4.69, 9.17) is 4.98 Å². The second-order valence-electron chi connectivity index (χ2n) is 7.95. The van der Waals surface area contributed by atoms with Gasteiger partial charge >= 0.3 is 6.03 Å². The van der Waals surface area contributed by atoms with Gasteiger partial charge in [0.15, 0.2) is 0 Å². The van der Waals surface area contributed by atoms with Crippen LogP contribution in [0, 0.1) is 0 Å². The number of hydrogen-bond acceptors (Lipinski definition) is 5. The summed E-state index contributed by atoms with van der Waals surface area (Å²) in [4.78, 5) is 31.5. The Balaban J connectivity index is 1.27. The van der Waals surface area contributed by atoms with Gasteiger partial charge in [-0.3, -0.25) is 15.0 Å². The maximum absolute atomic E-state index is 12.5. The standard InChI is InChI=1S/C21H28N4O2S/c1-14(19(26)24-21(27)22-16-6-2-3-7-16)25-12-10-15(11-13-25)20-23-17-8-4-5-9-18(17)28-20/h4-5,8-9,14-16H,2-3,6-7,10-13H2,1H3,(H2,22,24,26,27). The summed E-state index contributed by atoms with van der Waals surface area (Å²) in [5, 5.41) is 6.64. The van der Waals surface area contributed by atoms with Crippen molar-refractivity contribution < 1.29 is 9.59 Å². The summed E-state index contributed by atoms with van der Waals surface area (Å²) < 4.78 is 1.24. The smallest absolute Gasteiger partial charge is 0.321 e. The Labute approximate surface area is 169 Å². The van der Waals surface area contributed by atoms with Crippen molar-refractivity contribution >= 4 is 33.5 Å². The van der Waals surface area contributed by atoms with E-state index in [0.29, 0.717) is 5.92 Å². The minimum absolute atomic E-state index is 0.214. The van der Waals surface area contributed by atoms with Crippen molar-refractivity contribution in [3.8, 4) is 0 Å². The van der Waals surface area contributed by atoms with Gasteiger partial charge in [-0.15, -0.1) is 11.3 Å². The third-order valence-electron chi connectivity index (χ3n) is 6.04. The molecule has 7 heteroatoms. The summed E-state index contributed by atoms with van der Waals surface area (Å²) in [6.45, 7) is 3.58. The van der Waals surface area contributed by atoms with Crippen LogP contribution in [-0.2, 0) is 4.79 Å². The number of rotatable bonds is 4. The number of nitrogens with zero attached hydrogens (tertiary/aromatic N) is 2. The highest BCUT2D eigenvalue weighted by molar-refractivity contribution is 7.18. The van der Waals surface area contributed by atoms with Crippen LogP contribution < -0.4 is 10.6 Å². The van der Waals surface area contributed by atoms with E-state index in [9.17, 15) is 9.59 Å². The molecule has 3 amide bonds. The number of imide groups is 1. The number of likely N-dealkylation sites (tertiary alicyclic amines) is 1. The second-order valence-corrected chi connectivity index (χ2v) is 9.01. The topological polar surface area (TPSA) is 74.3 Å². The van der Waals surface area contributed by atoms with E-state index in [1.807, 2.05) is 13.0 Å². The number of para-hydroxylation sites is 1. The van der Waals surface area contributed by atoms with E-state index < -0.39 is 0 Å². The van der Waals surface area contributed by atoms with Crippen LogP contribution >= 0.6 is 11.3 Å². The molecule has 6 nitrogen and oxygen atoms in total. The van der Waals surface area contributed by atoms with E-state index in [0.717, 1.165) is 57.1 Å². The minimum atomic E-state index is -0.354. The molecule has 1 aliphatic heterocycles. The quantitative estimate of drug-likeness (QED) is 0.822. The number of thiazole rings is 1. The molecule has 150 valence electrons. The summed E-state index contributed by atoms with van der Waals surface area (Å²) in [5.74, 6) is 0.239. The Kier molecular flexibility index (Phi) is 5.92. The largest absolute Gasteiger partial charge is 0.335 e. The van der Waals surface area contributed by atoms with E-state index in [-0.39, 0.29) is 24.0 Å². The van der Waals surface area contributed by atoms with Crippen LogP contribution in [0.5, 0.6) is 0 Å². The van der Waals surface area contributed by atoms with Crippen molar-refractivity contribution in [2.75, 3.05) is 13.1 Å². The van der Waals surface area contributed by atoms with Crippen molar-refractivity contribution in [2.45, 2.75) is 63.5 Å². The molecule has 2 heterocycles. The monoisotopic (exact) mass is 400 g/mol. The first-order valence-electron chi connectivity index (χ1n) is 10.3. The molecular weight excluding hydrogens is 372 g/mol. The number of aromatic nitrogens is 1. The number of carbonyl (C=O) groups excluding carboxylic acids is 2. The molecule has 2 fully saturated rings. The molecule has 1 aromatic heterocycles. The van der Waals surface area contributed by atoms with Crippen LogP contribution in [0.25, 0.3) is 10.2 Å². The molecule has 1 unspecified atom stereocenters. The molecule has 2 N–H and O–H groups in total. The van der Waals surface area contributed by atoms with E-state index >= 15 is 0 Å². The summed E-state index contributed by atoms with van der Waals surface area (Å²) >= 11 is 1.78. The summed E-state index contributed by atoms with van der Waals surface area (Å²) in [6.07, 6.45) is 6.31. The van der Waals surface area contributed by atoms with Crippen LogP contribution in [0.4, 0.5) is 4.79 Å². The van der Waals surface area contributed by atoms with Crippen LogP contribution in [0.3, 0.4) is 0 Å². The average Bonchev–Trinajstić information content (AvgIpc) is 3.36. The molecule has 1 aromatic carbocycles. The second kappa shape index (κ2) is 8.57. The number of hydrogen-bond donors (Lipinski definition) is 2. The van der Waals surface area contributed by atoms with E-state index in [1.165, 1.54) is 9.71 Å². The van der Waals surface area contributed by atoms with Crippen molar-refractivity contribution in [1.82, 2.24) is 20.5 Å². The lowest BCUT2D eigenvalue weighted by Gasteiger charge is -2.34. The molecule has 0 spiro atoms. The first-order valence-corrected chi connectivity index (χ1v) is 11.1. The van der Waals surface area contributed by atoms with Crippen molar-refractivity contribution in [2.24, 2.45) is 0 Å². The fourth-order valence-corrected chi connectivity index (χ4v) is 5.41. The Morgan fingerprint density at radius 1 is 1.14 bits per heavy atom. The SMILES string of the molecule is CC(C(=O)NC(=O)NC1CCCC1)N1CCC(c2nc3ccccc3s2)CC1. The van der Waals surface area contributed by atoms with Crippen molar-refractivity contribution in [1.29, 1.82) is 0 Å². The minimum Gasteiger partial charge on any atom is -0.335 e. The number of benzene rings is 1. The van der Waals surface area contributed by atoms with Crippen LogP contribution in [0.2, 0.25) is 0 Å². The fourth-order valence-electron chi connectivity index (χ4n) is 4.27. The number of nitrogens with one attached hydrogen (secondary N) is 2. The summed E-state index contributed by atoms with van der Waals surface area (Å²) in [6, 6.07) is 7.82. The number of piperidine rings is 1. The maximum Gasteiger partial charge on any atom is 0.321 e. The summed E-state index contributed by atoms with van der Waals surface area (Å²) in [7, 11) is 0. The van der Waals surface area contributed by atoms with E-state index in [1.54, 1.807) is 11.3 Å². The van der Waals surface area contributed by atoms with Gasteiger partial charge in [-0.05, 0) is 57.8 Å². The average molecular weight is 401 g/mol. The highest BCUT2D eigenvalue weighted by Crippen LogP contribution is 2.34. The third-order valence-corrected chi connectivity index (χ3v) is 7.24. The Bertz CT molecular complexity index is 805. The zero-order chi connectivity index (χ0) is 19.5. The molecule has 0 radical (unpaired) electrons. The Morgan fingerprint density at radius 2 is 1.86 bits per heavy atom. The third kappa shape index (κ3) is 4.36. The predicted molar refractivity (Wildman–Crippen MR) is 112 cm³/mol. The lowest BCUT2D eigenvalue weighted by Crippen LogP contribution is -2.52. The molecule has 4 rings (SSSR count). The maximum atomic E-state index is 12.5. The van der Waals surface area contributed by atoms with Gasteiger partial charge in [-0.25, -0.2) is 9.78 Å². The van der Waals surface area contributed by atoms with Gasteiger partial charge in [-0.1, -0.05) is 25.0 Å². The molecule has 1 saturated carbocycles. The molecule has 28 heavy (non-hydrogen) atoms. The van der Waals surface area contributed by atoms with Crippen molar-refractivity contribution in [3.63, 3.8) is 0 Å². The lowest BCUT2D eigenvalue weighted by molar-refractivity contribution is -0.125. The van der Waals surface area contributed by atoms with Crippen LogP contribution in [0.15, 0.2) is 24.3 Å². The highest BCUT2D eigenvalue weighted by atomic mass is 32.1. The zero-order valence-corrected chi connectivity index (χ0v) is 17.1. The Morgan fingerprint density at radius 3 is 2.57 bits per heavy atom. The highest BCUT2D eigenvalue weighted by Gasteiger charge is 2.29. The van der Waals surface area contributed by atoms with Crippen molar-refractivity contribution in [3.05, 3.63) is 29.3 Å². The zero-order valence-electron chi connectivity index (χ0n) is 16.3. The van der Waals surface area contributed by atoms with Gasteiger partial charge in [0.2, 0.25) is 5.91 Å². The number of carbonyl (C=O) groups is 2. The number of fused-ring (bicyclic) bond motifs is 1. The van der Waals surface area contributed by atoms with Gasteiger partial charge in [-0.2, -0.15) is 0 Å². The van der Waals surface area contributed by atoms with Gasteiger partial charge in [0.25, 0.3) is 0 Å². The van der Waals surface area contributed by atoms with Gasteiger partial charge < -0.3 is 5.32 Å². The lowest BCUT2D eigenvalue weighted by atomic mass is 9.96. The molecule has 0 bridgehead atoms. The predicted octanol–water partition coefficient (Wildman–Crippen LogP) is 3.63. The fraction of sp³-hybridized carbons (Fsp3) is 0.571. The molecule has 1 saturated heterocycles. The van der Waals surface area contributed by atoms with Crippen LogP contribution in [0.1, 0.15) is 56.4 Å². The van der Waals surface area contributed by atoms with E-state index in [2.05, 4.69) is 33.7 Å². The normalized spacial score (nSPS) is 20.3. The molecule has 1 aliphatic carbocycles. The van der Waals surface area contributed by atoms with Gasteiger partial charge in [0, 0.05) is 12.0 Å². The molecule has 2 aliphatic rings. The van der Waals surface area contributed by atoms with Crippen LogP contribution in [-0.4, -0.2) is 47.0 Å². The molecule has 2 aromatic rings. The number of urea groups is 1.